The van der Waals surface area contributed by atoms with E-state index in [0.717, 1.165) is 16.5 Å². The number of hydrogen-bond acceptors (Lipinski definition) is 2. The van der Waals surface area contributed by atoms with Crippen molar-refractivity contribution in [2.45, 2.75) is 13.8 Å². The Labute approximate surface area is 94.9 Å². The lowest BCUT2D eigenvalue weighted by atomic mass is 10.2. The minimum atomic E-state index is 0.528. The Balaban J connectivity index is 0.000000531. The fourth-order valence-corrected chi connectivity index (χ4v) is 1.47. The smallest absolute Gasteiger partial charge is 0.136 e. The van der Waals surface area contributed by atoms with Gasteiger partial charge in [-0.2, -0.15) is 0 Å². The minimum absolute atomic E-state index is 0.528. The van der Waals surface area contributed by atoms with E-state index in [2.05, 4.69) is 4.98 Å². The Morgan fingerprint density at radius 2 is 1.93 bits per heavy atom. The van der Waals surface area contributed by atoms with Crippen LogP contribution in [0.2, 0.25) is 5.15 Å². The molecule has 0 saturated carbocycles. The van der Waals surface area contributed by atoms with Crippen molar-refractivity contribution in [3.63, 3.8) is 0 Å². The van der Waals surface area contributed by atoms with Crippen LogP contribution in [0.4, 0.5) is 0 Å². The van der Waals surface area contributed by atoms with Crippen molar-refractivity contribution in [1.29, 1.82) is 0 Å². The maximum Gasteiger partial charge on any atom is 0.136 e. The number of pyridine rings is 1. The molecule has 0 fully saturated rings. The summed E-state index contributed by atoms with van der Waals surface area (Å²) in [4.78, 5) is 3.99. The normalized spacial score (nSPS) is 9.33. The highest BCUT2D eigenvalue weighted by molar-refractivity contribution is 6.34. The van der Waals surface area contributed by atoms with Gasteiger partial charge in [-0.05, 0) is 29.7 Å². The Hall–Kier alpha value is -1.28. The van der Waals surface area contributed by atoms with Gasteiger partial charge in [0.2, 0.25) is 0 Å². The van der Waals surface area contributed by atoms with E-state index in [-0.39, 0.29) is 0 Å². The van der Waals surface area contributed by atoms with Crippen LogP contribution in [0.15, 0.2) is 30.5 Å². The number of nitrogens with zero attached hydrogens (tertiary/aromatic N) is 1. The fourth-order valence-electron chi connectivity index (χ4n) is 1.25. The van der Waals surface area contributed by atoms with Gasteiger partial charge in [0.15, 0.2) is 0 Å². The van der Waals surface area contributed by atoms with Gasteiger partial charge in [-0.1, -0.05) is 25.4 Å². The van der Waals surface area contributed by atoms with Crippen molar-refractivity contribution in [2.24, 2.45) is 0 Å². The van der Waals surface area contributed by atoms with Crippen molar-refractivity contribution >= 4 is 22.4 Å². The van der Waals surface area contributed by atoms with Crippen LogP contribution in [0.5, 0.6) is 5.75 Å². The van der Waals surface area contributed by atoms with E-state index < -0.39 is 0 Å². The number of fused-ring (bicyclic) bond motifs is 1. The van der Waals surface area contributed by atoms with E-state index in [9.17, 15) is 0 Å². The van der Waals surface area contributed by atoms with Crippen LogP contribution in [0.1, 0.15) is 13.8 Å². The highest BCUT2D eigenvalue weighted by Gasteiger charge is 1.99. The van der Waals surface area contributed by atoms with Crippen LogP contribution in [0.25, 0.3) is 10.8 Å². The number of benzene rings is 1. The number of aromatic nitrogens is 1. The van der Waals surface area contributed by atoms with Crippen molar-refractivity contribution in [1.82, 2.24) is 4.98 Å². The molecule has 3 heteroatoms. The van der Waals surface area contributed by atoms with Crippen molar-refractivity contribution in [3.8, 4) is 5.75 Å². The molecule has 0 aliphatic heterocycles. The van der Waals surface area contributed by atoms with Crippen LogP contribution in [-0.2, 0) is 0 Å². The largest absolute Gasteiger partial charge is 0.497 e. The van der Waals surface area contributed by atoms with Gasteiger partial charge >= 0.3 is 0 Å². The molecule has 1 heterocycles. The number of hydrogen-bond donors (Lipinski definition) is 0. The third-order valence-corrected chi connectivity index (χ3v) is 2.22. The molecule has 0 unspecified atom stereocenters. The van der Waals surface area contributed by atoms with Gasteiger partial charge in [0, 0.05) is 11.6 Å². The molecule has 2 aromatic rings. The van der Waals surface area contributed by atoms with E-state index in [1.54, 1.807) is 13.3 Å². The van der Waals surface area contributed by atoms with Crippen LogP contribution in [0, 0.1) is 0 Å². The average molecular weight is 224 g/mol. The summed E-state index contributed by atoms with van der Waals surface area (Å²) in [5.74, 6) is 0.828. The summed E-state index contributed by atoms with van der Waals surface area (Å²) in [6.07, 6.45) is 1.68. The summed E-state index contributed by atoms with van der Waals surface area (Å²) < 4.78 is 5.10. The van der Waals surface area contributed by atoms with E-state index in [1.165, 1.54) is 0 Å². The second kappa shape index (κ2) is 5.56. The maximum atomic E-state index is 5.90. The second-order valence-electron chi connectivity index (χ2n) is 2.69. The Morgan fingerprint density at radius 1 is 1.20 bits per heavy atom. The maximum absolute atomic E-state index is 5.90. The number of ether oxygens (including phenoxy) is 1. The molecule has 15 heavy (non-hydrogen) atoms. The van der Waals surface area contributed by atoms with Gasteiger partial charge in [-0.3, -0.25) is 0 Å². The fraction of sp³-hybridized carbons (Fsp3) is 0.250. The summed E-state index contributed by atoms with van der Waals surface area (Å²) in [7, 11) is 1.64. The lowest BCUT2D eigenvalue weighted by molar-refractivity contribution is 0.415. The first kappa shape index (κ1) is 11.8. The van der Waals surface area contributed by atoms with E-state index in [0.29, 0.717) is 5.15 Å². The number of rotatable bonds is 1. The van der Waals surface area contributed by atoms with Crippen molar-refractivity contribution < 1.29 is 4.74 Å². The van der Waals surface area contributed by atoms with Crippen LogP contribution in [0.3, 0.4) is 0 Å². The number of halogens is 1. The Kier molecular flexibility index (Phi) is 4.37. The monoisotopic (exact) mass is 223 g/mol. The zero-order valence-corrected chi connectivity index (χ0v) is 9.88. The third-order valence-electron chi connectivity index (χ3n) is 1.92. The molecule has 2 nitrogen and oxygen atoms in total. The molecule has 0 bridgehead atoms. The highest BCUT2D eigenvalue weighted by atomic mass is 35.5. The summed E-state index contributed by atoms with van der Waals surface area (Å²) in [6, 6.07) is 7.62. The average Bonchev–Trinajstić information content (AvgIpc) is 2.31. The highest BCUT2D eigenvalue weighted by Crippen LogP contribution is 2.24. The molecular weight excluding hydrogens is 210 g/mol. The Morgan fingerprint density at radius 3 is 2.60 bits per heavy atom. The molecular formula is C12H14ClNO. The molecule has 1 aromatic carbocycles. The van der Waals surface area contributed by atoms with Crippen molar-refractivity contribution in [2.75, 3.05) is 7.11 Å². The third kappa shape index (κ3) is 2.60. The molecule has 1 aromatic heterocycles. The molecule has 0 N–H and O–H groups in total. The molecule has 2 rings (SSSR count). The molecule has 0 saturated heterocycles. The van der Waals surface area contributed by atoms with E-state index in [4.69, 9.17) is 16.3 Å². The van der Waals surface area contributed by atoms with E-state index in [1.807, 2.05) is 38.1 Å². The van der Waals surface area contributed by atoms with Gasteiger partial charge in [0.05, 0.1) is 7.11 Å². The SMILES string of the molecule is CC.COc1ccc2c(Cl)nccc2c1. The predicted molar refractivity (Wildman–Crippen MR) is 64.7 cm³/mol. The van der Waals surface area contributed by atoms with Crippen molar-refractivity contribution in [3.05, 3.63) is 35.6 Å². The van der Waals surface area contributed by atoms with Crippen LogP contribution < -0.4 is 4.74 Å². The summed E-state index contributed by atoms with van der Waals surface area (Å²) in [5, 5.41) is 2.52. The predicted octanol–water partition coefficient (Wildman–Crippen LogP) is 3.92. The lowest BCUT2D eigenvalue weighted by Crippen LogP contribution is -1.83. The lowest BCUT2D eigenvalue weighted by Gasteiger charge is -2.02. The quantitative estimate of drug-likeness (QED) is 0.684. The second-order valence-corrected chi connectivity index (χ2v) is 3.05. The summed E-state index contributed by atoms with van der Waals surface area (Å²) in [6.45, 7) is 4.00. The molecule has 0 aliphatic rings. The standard InChI is InChI=1S/C10H8ClNO.C2H6/c1-13-8-2-3-9-7(6-8)4-5-12-10(9)11;1-2/h2-6H,1H3;1-2H3. The van der Waals surface area contributed by atoms with E-state index >= 15 is 0 Å². The first-order valence-corrected chi connectivity index (χ1v) is 5.27. The number of methoxy groups -OCH3 is 1. The molecule has 0 aliphatic carbocycles. The molecule has 0 atom stereocenters. The van der Waals surface area contributed by atoms with Crippen LogP contribution >= 0.6 is 11.6 Å². The first-order valence-electron chi connectivity index (χ1n) is 4.89. The van der Waals surface area contributed by atoms with Gasteiger partial charge in [0.1, 0.15) is 10.9 Å². The topological polar surface area (TPSA) is 22.1 Å². The molecule has 80 valence electrons. The van der Waals surface area contributed by atoms with Gasteiger partial charge < -0.3 is 4.74 Å². The zero-order valence-electron chi connectivity index (χ0n) is 9.12. The molecule has 0 amide bonds. The van der Waals surface area contributed by atoms with Gasteiger partial charge in [-0.25, -0.2) is 4.98 Å². The molecule has 0 radical (unpaired) electrons. The van der Waals surface area contributed by atoms with Gasteiger partial charge in [-0.15, -0.1) is 0 Å². The molecule has 0 spiro atoms. The van der Waals surface area contributed by atoms with Gasteiger partial charge in [0.25, 0.3) is 0 Å². The Bertz CT molecular complexity index is 443. The minimum Gasteiger partial charge on any atom is -0.497 e. The van der Waals surface area contributed by atoms with Crippen LogP contribution in [-0.4, -0.2) is 12.1 Å². The first-order chi connectivity index (χ1) is 7.31. The summed E-state index contributed by atoms with van der Waals surface area (Å²) >= 11 is 5.90. The summed E-state index contributed by atoms with van der Waals surface area (Å²) in [5.41, 5.74) is 0. The zero-order chi connectivity index (χ0) is 11.3.